The molecule has 0 bridgehead atoms. The summed E-state index contributed by atoms with van der Waals surface area (Å²) in [5, 5.41) is 4.92. The van der Waals surface area contributed by atoms with E-state index >= 15 is 0 Å². The van der Waals surface area contributed by atoms with E-state index in [1.807, 2.05) is 0 Å². The lowest BCUT2D eigenvalue weighted by atomic mass is 9.71. The SMILES string of the molecule is CC(C)(C)c1ccc(N(c2ccc(-c3ccccc3)cc2)c2ccc3c(c2)oc2cc4c5c(c(N(c6ccc(-c7ccccc7)cc6)c6ccc(C(C)(C)C)cc6)ccc5c23)CCC4(C)C)cc1. The van der Waals surface area contributed by atoms with Crippen molar-refractivity contribution in [3.8, 4) is 22.3 Å². The zero-order chi connectivity index (χ0) is 47.0. The summed E-state index contributed by atoms with van der Waals surface area (Å²) < 4.78 is 7.03. The van der Waals surface area contributed by atoms with Crippen molar-refractivity contribution in [2.45, 2.75) is 84.5 Å². The molecule has 1 aliphatic rings. The lowest BCUT2D eigenvalue weighted by molar-refractivity contribution is 0.474. The van der Waals surface area contributed by atoms with Gasteiger partial charge >= 0.3 is 0 Å². The van der Waals surface area contributed by atoms with Gasteiger partial charge in [-0.2, -0.15) is 0 Å². The van der Waals surface area contributed by atoms with Gasteiger partial charge in [-0.05, 0) is 157 Å². The molecule has 1 aromatic heterocycles. The number of fused-ring (bicyclic) bond motifs is 4. The quantitative estimate of drug-likeness (QED) is 0.152. The molecule has 0 N–H and O–H groups in total. The Morgan fingerprint density at radius 1 is 0.412 bits per heavy atom. The highest BCUT2D eigenvalue weighted by atomic mass is 16.3. The van der Waals surface area contributed by atoms with E-state index in [1.165, 1.54) is 66.4 Å². The van der Waals surface area contributed by atoms with Gasteiger partial charge in [0.05, 0.1) is 0 Å². The Bertz CT molecular complexity index is 3440. The van der Waals surface area contributed by atoms with Gasteiger partial charge in [0.25, 0.3) is 0 Å². The molecule has 9 aromatic carbocycles. The van der Waals surface area contributed by atoms with Crippen molar-refractivity contribution in [1.82, 2.24) is 0 Å². The molecule has 1 heterocycles. The van der Waals surface area contributed by atoms with Crippen LogP contribution in [0.4, 0.5) is 34.1 Å². The lowest BCUT2D eigenvalue weighted by Crippen LogP contribution is -2.24. The zero-order valence-electron chi connectivity index (χ0n) is 40.7. The summed E-state index contributed by atoms with van der Waals surface area (Å²) in [7, 11) is 0. The molecule has 10 aromatic rings. The maximum atomic E-state index is 7.03. The average molecular weight is 885 g/mol. The number of hydrogen-bond acceptors (Lipinski definition) is 3. The molecule has 0 spiro atoms. The van der Waals surface area contributed by atoms with E-state index < -0.39 is 0 Å². The van der Waals surface area contributed by atoms with E-state index in [2.05, 4.69) is 259 Å². The third-order valence-corrected chi connectivity index (χ3v) is 14.5. The Morgan fingerprint density at radius 3 is 1.35 bits per heavy atom. The van der Waals surface area contributed by atoms with Crippen LogP contribution < -0.4 is 9.80 Å². The van der Waals surface area contributed by atoms with E-state index in [4.69, 9.17) is 4.42 Å². The van der Waals surface area contributed by atoms with Crippen molar-refractivity contribution < 1.29 is 4.42 Å². The monoisotopic (exact) mass is 884 g/mol. The van der Waals surface area contributed by atoms with Crippen LogP contribution in [0.15, 0.2) is 199 Å². The fourth-order valence-electron chi connectivity index (χ4n) is 10.5. The molecular formula is C65H60N2O. The number of rotatable bonds is 8. The summed E-state index contributed by atoms with van der Waals surface area (Å²) in [5.41, 5.74) is 18.9. The van der Waals surface area contributed by atoms with Crippen molar-refractivity contribution in [2.24, 2.45) is 0 Å². The van der Waals surface area contributed by atoms with Crippen LogP contribution in [0.5, 0.6) is 0 Å². The summed E-state index contributed by atoms with van der Waals surface area (Å²) in [5.74, 6) is 0. The van der Waals surface area contributed by atoms with Gasteiger partial charge in [-0.25, -0.2) is 0 Å². The molecule has 0 aliphatic heterocycles. The molecule has 0 fully saturated rings. The number of nitrogens with zero attached hydrogens (tertiary/aromatic N) is 2. The first-order valence-electron chi connectivity index (χ1n) is 24.3. The molecule has 11 rings (SSSR count). The molecular weight excluding hydrogens is 825 g/mol. The summed E-state index contributed by atoms with van der Waals surface area (Å²) in [4.78, 5) is 4.84. The standard InChI is InChI=1S/C65H60N2O/c1-63(2,3)47-23-31-50(32-24-47)66(49-27-19-45(20-28-49)43-15-11-9-12-16-43)53-35-36-55-59(41-53)68-60-42-57-61-54(39-40-65(57,7)8)58(38-37-56(61)62(55)60)67(52-33-25-48(26-34-52)64(4,5)6)51-29-21-46(22-30-51)44-17-13-10-14-18-44/h9-38,41-42H,39-40H2,1-8H3. The summed E-state index contributed by atoms with van der Waals surface area (Å²) >= 11 is 0. The van der Waals surface area contributed by atoms with Crippen LogP contribution in [0.2, 0.25) is 0 Å². The average Bonchev–Trinajstić information content (AvgIpc) is 3.72. The fourth-order valence-corrected chi connectivity index (χ4v) is 10.5. The Balaban J connectivity index is 1.07. The van der Waals surface area contributed by atoms with Crippen molar-refractivity contribution in [3.63, 3.8) is 0 Å². The summed E-state index contributed by atoms with van der Waals surface area (Å²) in [6.45, 7) is 18.5. The van der Waals surface area contributed by atoms with E-state index in [-0.39, 0.29) is 16.2 Å². The van der Waals surface area contributed by atoms with Crippen LogP contribution in [0.25, 0.3) is 55.0 Å². The highest BCUT2D eigenvalue weighted by molar-refractivity contribution is 6.21. The first kappa shape index (κ1) is 43.2. The van der Waals surface area contributed by atoms with E-state index in [9.17, 15) is 0 Å². The summed E-state index contributed by atoms with van der Waals surface area (Å²) in [6, 6.07) is 71.5. The summed E-state index contributed by atoms with van der Waals surface area (Å²) in [6.07, 6.45) is 2.01. The molecule has 3 nitrogen and oxygen atoms in total. The first-order valence-corrected chi connectivity index (χ1v) is 24.3. The largest absolute Gasteiger partial charge is 0.456 e. The third-order valence-electron chi connectivity index (χ3n) is 14.5. The lowest BCUT2D eigenvalue weighted by Gasteiger charge is -2.36. The van der Waals surface area contributed by atoms with Crippen LogP contribution in [0, 0.1) is 0 Å². The van der Waals surface area contributed by atoms with Crippen LogP contribution >= 0.6 is 0 Å². The number of benzene rings is 9. The van der Waals surface area contributed by atoms with Crippen molar-refractivity contribution in [2.75, 3.05) is 9.80 Å². The van der Waals surface area contributed by atoms with Crippen molar-refractivity contribution >= 4 is 66.8 Å². The molecule has 3 heteroatoms. The second kappa shape index (κ2) is 16.5. The van der Waals surface area contributed by atoms with E-state index in [0.29, 0.717) is 0 Å². The molecule has 68 heavy (non-hydrogen) atoms. The van der Waals surface area contributed by atoms with E-state index in [0.717, 1.165) is 57.8 Å². The minimum atomic E-state index is -0.0410. The molecule has 0 saturated carbocycles. The minimum Gasteiger partial charge on any atom is -0.456 e. The molecule has 0 saturated heterocycles. The number of aryl methyl sites for hydroxylation is 1. The van der Waals surface area contributed by atoms with Crippen LogP contribution in [-0.2, 0) is 22.7 Å². The van der Waals surface area contributed by atoms with Gasteiger partial charge in [0.1, 0.15) is 11.2 Å². The highest BCUT2D eigenvalue weighted by Gasteiger charge is 2.33. The molecule has 0 radical (unpaired) electrons. The predicted octanol–water partition coefficient (Wildman–Crippen LogP) is 18.8. The van der Waals surface area contributed by atoms with Gasteiger partial charge in [0.2, 0.25) is 0 Å². The van der Waals surface area contributed by atoms with Gasteiger partial charge in [-0.1, -0.05) is 171 Å². The molecule has 0 amide bonds. The number of furan rings is 1. The number of anilines is 6. The van der Waals surface area contributed by atoms with E-state index in [1.54, 1.807) is 0 Å². The van der Waals surface area contributed by atoms with Crippen LogP contribution in [0.3, 0.4) is 0 Å². The van der Waals surface area contributed by atoms with Crippen LogP contribution in [-0.4, -0.2) is 0 Å². The van der Waals surface area contributed by atoms with Gasteiger partial charge in [-0.3, -0.25) is 0 Å². The predicted molar refractivity (Wildman–Crippen MR) is 290 cm³/mol. The Morgan fingerprint density at radius 2 is 0.853 bits per heavy atom. The highest BCUT2D eigenvalue weighted by Crippen LogP contribution is 2.51. The third kappa shape index (κ3) is 7.74. The normalized spacial score (nSPS) is 13.6. The van der Waals surface area contributed by atoms with Crippen molar-refractivity contribution in [3.05, 3.63) is 216 Å². The van der Waals surface area contributed by atoms with Gasteiger partial charge in [0, 0.05) is 51.0 Å². The maximum Gasteiger partial charge on any atom is 0.137 e. The zero-order valence-corrected chi connectivity index (χ0v) is 40.7. The Hall–Kier alpha value is -7.36. The second-order valence-corrected chi connectivity index (χ2v) is 21.5. The Kier molecular flexibility index (Phi) is 10.5. The molecule has 1 aliphatic carbocycles. The molecule has 0 unspecified atom stereocenters. The van der Waals surface area contributed by atoms with Gasteiger partial charge in [-0.15, -0.1) is 0 Å². The molecule has 336 valence electrons. The maximum absolute atomic E-state index is 7.03. The van der Waals surface area contributed by atoms with Gasteiger partial charge < -0.3 is 14.2 Å². The topological polar surface area (TPSA) is 19.6 Å². The second-order valence-electron chi connectivity index (χ2n) is 21.5. The van der Waals surface area contributed by atoms with Gasteiger partial charge in [0.15, 0.2) is 0 Å². The molecule has 0 atom stereocenters. The van der Waals surface area contributed by atoms with Crippen LogP contribution in [0.1, 0.15) is 84.1 Å². The fraction of sp³-hybridized carbons (Fsp3) is 0.200. The first-order chi connectivity index (χ1) is 32.7. The smallest absolute Gasteiger partial charge is 0.137 e. The Labute approximate surface area is 402 Å². The van der Waals surface area contributed by atoms with Crippen molar-refractivity contribution in [1.29, 1.82) is 0 Å². The minimum absolute atomic E-state index is 0.0410. The number of hydrogen-bond donors (Lipinski definition) is 0.